The number of hydrogen-bond donors (Lipinski definition) is 2. The molecule has 1 atom stereocenters. The maximum Gasteiger partial charge on any atom is 0.255 e. The molecule has 9 heteroatoms. The van der Waals surface area contributed by atoms with Gasteiger partial charge in [0.15, 0.2) is 0 Å². The molecule has 0 saturated carbocycles. The fourth-order valence-corrected chi connectivity index (χ4v) is 4.39. The van der Waals surface area contributed by atoms with E-state index in [1.807, 2.05) is 4.90 Å². The fourth-order valence-electron chi connectivity index (χ4n) is 4.39. The zero-order chi connectivity index (χ0) is 27.2. The molecule has 2 saturated heterocycles. The Morgan fingerprint density at radius 1 is 1.24 bits per heavy atom. The van der Waals surface area contributed by atoms with Gasteiger partial charge in [-0.05, 0) is 30.2 Å². The van der Waals surface area contributed by atoms with Gasteiger partial charge in [0.25, 0.3) is 5.91 Å². The Labute approximate surface area is 202 Å². The number of nitrogens with zero attached hydrogens (tertiary/aromatic N) is 2. The number of carbonyl (C=O) groups excluding carboxylic acids is 3. The molecule has 0 unspecified atom stereocenters. The number of fused-ring (bicyclic) bond motifs is 1. The number of piperidine rings is 1. The number of nitrogens with one attached hydrogen (secondary N) is 2. The molecular weight excluding hydrogens is 439 g/mol. The molecular formula is C25H27FN4O4. The highest BCUT2D eigenvalue weighted by molar-refractivity contribution is 6.06. The summed E-state index contributed by atoms with van der Waals surface area (Å²) in [5.74, 6) is -2.74. The van der Waals surface area contributed by atoms with E-state index >= 15 is 4.39 Å². The Balaban J connectivity index is 1.37. The van der Waals surface area contributed by atoms with Crippen molar-refractivity contribution in [1.82, 2.24) is 15.1 Å². The van der Waals surface area contributed by atoms with Crippen molar-refractivity contribution >= 4 is 23.4 Å². The lowest BCUT2D eigenvalue weighted by Crippen LogP contribution is -2.52. The van der Waals surface area contributed by atoms with Crippen LogP contribution in [0, 0.1) is 5.82 Å². The molecule has 0 aromatic heterocycles. The zero-order valence-corrected chi connectivity index (χ0v) is 18.5. The topological polar surface area (TPSA) is 91.0 Å². The molecule has 2 N–H and O–H groups in total. The summed E-state index contributed by atoms with van der Waals surface area (Å²) in [5, 5.41) is 5.15. The Kier molecular flexibility index (Phi) is 5.06. The quantitative estimate of drug-likeness (QED) is 0.628. The Bertz CT molecular complexity index is 1310. The summed E-state index contributed by atoms with van der Waals surface area (Å²) in [4.78, 5) is 40.2. The van der Waals surface area contributed by atoms with E-state index in [-0.39, 0.29) is 61.3 Å². The normalized spacial score (nSPS) is 24.7. The largest absolute Gasteiger partial charge is 0.381 e. The van der Waals surface area contributed by atoms with Gasteiger partial charge in [0.05, 0.1) is 18.7 Å². The van der Waals surface area contributed by atoms with E-state index in [0.29, 0.717) is 37.6 Å². The van der Waals surface area contributed by atoms with Crippen molar-refractivity contribution in [2.24, 2.45) is 0 Å². The van der Waals surface area contributed by atoms with Crippen molar-refractivity contribution in [3.8, 4) is 0 Å². The molecule has 0 bridgehead atoms. The van der Waals surface area contributed by atoms with E-state index in [1.165, 1.54) is 0 Å². The number of imide groups is 1. The van der Waals surface area contributed by atoms with Gasteiger partial charge in [-0.2, -0.15) is 0 Å². The highest BCUT2D eigenvalue weighted by Gasteiger charge is 2.39. The molecule has 178 valence electrons. The molecule has 2 aromatic carbocycles. The molecule has 5 rings (SSSR count). The number of morpholine rings is 1. The smallest absolute Gasteiger partial charge is 0.255 e. The second-order valence-electron chi connectivity index (χ2n) is 8.44. The van der Waals surface area contributed by atoms with Crippen LogP contribution in [0.4, 0.5) is 10.1 Å². The maximum atomic E-state index is 15.3. The minimum atomic E-state index is -1.93. The van der Waals surface area contributed by atoms with Gasteiger partial charge in [-0.25, -0.2) is 4.39 Å². The molecule has 34 heavy (non-hydrogen) atoms. The molecule has 8 nitrogen and oxygen atoms in total. The molecule has 2 fully saturated rings. The summed E-state index contributed by atoms with van der Waals surface area (Å²) in [5.41, 5.74) is 1.25. The van der Waals surface area contributed by atoms with Gasteiger partial charge in [-0.3, -0.25) is 24.6 Å². The lowest BCUT2D eigenvalue weighted by molar-refractivity contribution is -0.136. The third kappa shape index (κ3) is 4.53. The van der Waals surface area contributed by atoms with Crippen molar-refractivity contribution in [2.75, 3.05) is 31.6 Å². The molecule has 0 radical (unpaired) electrons. The number of hydrogen-bond acceptors (Lipinski definition) is 6. The monoisotopic (exact) mass is 470 g/mol. The van der Waals surface area contributed by atoms with Crippen molar-refractivity contribution in [3.05, 3.63) is 64.4 Å². The highest BCUT2D eigenvalue weighted by Crippen LogP contribution is 2.32. The predicted molar refractivity (Wildman–Crippen MR) is 122 cm³/mol. The summed E-state index contributed by atoms with van der Waals surface area (Å²) >= 11 is 0. The molecule has 3 aliphatic rings. The van der Waals surface area contributed by atoms with Crippen LogP contribution in [0.15, 0.2) is 36.3 Å². The number of anilines is 1. The Hall–Kier alpha value is -3.30. The first-order valence-electron chi connectivity index (χ1n) is 13.2. The Morgan fingerprint density at radius 3 is 2.85 bits per heavy atom. The average molecular weight is 471 g/mol. The van der Waals surface area contributed by atoms with Crippen molar-refractivity contribution in [3.63, 3.8) is 0 Å². The van der Waals surface area contributed by atoms with Crippen LogP contribution in [0.2, 0.25) is 0 Å². The number of carbonyl (C=O) groups is 3. The lowest BCUT2D eigenvalue weighted by atomic mass is 10.0. The maximum absolute atomic E-state index is 15.3. The summed E-state index contributed by atoms with van der Waals surface area (Å²) < 4.78 is 54.4. The van der Waals surface area contributed by atoms with Gasteiger partial charge in [-0.1, -0.05) is 18.2 Å². The van der Waals surface area contributed by atoms with Crippen LogP contribution < -0.4 is 10.6 Å². The van der Waals surface area contributed by atoms with E-state index in [9.17, 15) is 14.4 Å². The first kappa shape index (κ1) is 18.1. The standard InChI is InChI=1S/C25H27FN4O4/c26-20-12-16(14-29-8-10-34-11-9-29)4-5-17(20)13-27-21-3-1-2-18-19(21)15-30(25(18)33)22-6-7-23(31)28-24(22)32/h1-5,12,22,27H,6-11,13-15H2,(H,28,31,32)/t22-/m1/s1/i4D,5D,12D,22D. The third-order valence-electron chi connectivity index (χ3n) is 6.23. The van der Waals surface area contributed by atoms with E-state index in [4.69, 9.17) is 10.2 Å². The number of amides is 3. The zero-order valence-electron chi connectivity index (χ0n) is 22.5. The highest BCUT2D eigenvalue weighted by atomic mass is 19.1. The van der Waals surface area contributed by atoms with Crippen LogP contribution in [-0.4, -0.2) is 59.8 Å². The van der Waals surface area contributed by atoms with E-state index in [2.05, 4.69) is 10.6 Å². The lowest BCUT2D eigenvalue weighted by Gasteiger charge is -2.29. The van der Waals surface area contributed by atoms with Gasteiger partial charge >= 0.3 is 0 Å². The van der Waals surface area contributed by atoms with E-state index in [0.717, 1.165) is 4.90 Å². The molecule has 3 amide bonds. The molecule has 2 aromatic rings. The average Bonchev–Trinajstić information content (AvgIpc) is 3.26. The van der Waals surface area contributed by atoms with Crippen molar-refractivity contribution in [2.45, 2.75) is 38.5 Å². The molecule has 0 spiro atoms. The second-order valence-corrected chi connectivity index (χ2v) is 8.44. The van der Waals surface area contributed by atoms with Crippen LogP contribution in [-0.2, 0) is 34.0 Å². The Morgan fingerprint density at radius 2 is 2.06 bits per heavy atom. The van der Waals surface area contributed by atoms with Crippen molar-refractivity contribution in [1.29, 1.82) is 0 Å². The molecule has 3 aliphatic heterocycles. The summed E-state index contributed by atoms with van der Waals surface area (Å²) in [7, 11) is 0. The first-order valence-corrected chi connectivity index (χ1v) is 11.2. The van der Waals surface area contributed by atoms with Gasteiger partial charge in [0.2, 0.25) is 11.8 Å². The number of benzene rings is 2. The summed E-state index contributed by atoms with van der Waals surface area (Å²) in [6, 6.07) is 1.98. The predicted octanol–water partition coefficient (Wildman–Crippen LogP) is 2.03. The van der Waals surface area contributed by atoms with E-state index in [1.54, 1.807) is 18.2 Å². The van der Waals surface area contributed by atoms with Crippen LogP contribution in [0.25, 0.3) is 0 Å². The van der Waals surface area contributed by atoms with Gasteiger partial charge in [-0.15, -0.1) is 0 Å². The van der Waals surface area contributed by atoms with Crippen LogP contribution in [0.3, 0.4) is 0 Å². The van der Waals surface area contributed by atoms with Crippen LogP contribution in [0.5, 0.6) is 0 Å². The number of rotatable bonds is 6. The van der Waals surface area contributed by atoms with Crippen LogP contribution in [0.1, 0.15) is 45.4 Å². The van der Waals surface area contributed by atoms with Crippen LogP contribution >= 0.6 is 0 Å². The van der Waals surface area contributed by atoms with Crippen molar-refractivity contribution < 1.29 is 29.0 Å². The van der Waals surface area contributed by atoms with Gasteiger partial charge in [0, 0.05) is 61.5 Å². The minimum absolute atomic E-state index is 0.0571. The fraction of sp³-hybridized carbons (Fsp3) is 0.400. The van der Waals surface area contributed by atoms with Gasteiger partial charge < -0.3 is 15.0 Å². The molecule has 0 aliphatic carbocycles. The SMILES string of the molecule is [2H]c1c([2H])c(CNc2cccc3c2CN([C@]2([2H])CCC(=O)NC2=O)C3=O)c(F)c([2H])c1CN1CCOCC1. The second kappa shape index (κ2) is 9.52. The molecule has 3 heterocycles. The number of ether oxygens (including phenoxy) is 1. The summed E-state index contributed by atoms with van der Waals surface area (Å²) in [6.45, 7) is 2.16. The third-order valence-corrected chi connectivity index (χ3v) is 6.23. The van der Waals surface area contributed by atoms with E-state index < -0.39 is 35.6 Å². The minimum Gasteiger partial charge on any atom is -0.381 e. The number of halogens is 1. The van der Waals surface area contributed by atoms with Gasteiger partial charge in [0.1, 0.15) is 11.8 Å². The first-order chi connectivity index (χ1) is 18.1. The summed E-state index contributed by atoms with van der Waals surface area (Å²) in [6.07, 6.45) is -0.179.